The largest absolute Gasteiger partial charge is 0.418 e. The summed E-state index contributed by atoms with van der Waals surface area (Å²) in [7, 11) is 0. The fourth-order valence-corrected chi connectivity index (χ4v) is 0.954. The van der Waals surface area contributed by atoms with E-state index in [1.807, 2.05) is 0 Å². The van der Waals surface area contributed by atoms with Crippen LogP contribution in [0.1, 0.15) is 17.4 Å². The van der Waals surface area contributed by atoms with Crippen LogP contribution in [0.4, 0.5) is 13.2 Å². The Morgan fingerprint density at radius 2 is 2.14 bits per heavy atom. The standard InChI is InChI=1S/C9H6F3NO/c1-2-7(14)8-6(9(10,11)12)4-3-5-13-8/h1,3-5,7,14H. The molecule has 14 heavy (non-hydrogen) atoms. The Morgan fingerprint density at radius 3 is 2.64 bits per heavy atom. The zero-order valence-electron chi connectivity index (χ0n) is 6.92. The van der Waals surface area contributed by atoms with E-state index in [1.165, 1.54) is 0 Å². The van der Waals surface area contributed by atoms with Crippen molar-refractivity contribution in [2.75, 3.05) is 0 Å². The van der Waals surface area contributed by atoms with Gasteiger partial charge >= 0.3 is 6.18 Å². The number of pyridine rings is 1. The average Bonchev–Trinajstić information content (AvgIpc) is 2.15. The van der Waals surface area contributed by atoms with E-state index >= 15 is 0 Å². The third kappa shape index (κ3) is 2.03. The molecule has 1 heterocycles. The van der Waals surface area contributed by atoms with Crippen molar-refractivity contribution in [1.29, 1.82) is 0 Å². The molecule has 1 aromatic rings. The van der Waals surface area contributed by atoms with Gasteiger partial charge in [-0.3, -0.25) is 4.98 Å². The number of halogens is 3. The third-order valence-corrected chi connectivity index (χ3v) is 1.56. The molecule has 0 saturated heterocycles. The molecule has 0 aliphatic carbocycles. The molecule has 1 aromatic heterocycles. The summed E-state index contributed by atoms with van der Waals surface area (Å²) in [6.07, 6.45) is -0.233. The number of aromatic nitrogens is 1. The van der Waals surface area contributed by atoms with Crippen molar-refractivity contribution in [2.45, 2.75) is 12.3 Å². The van der Waals surface area contributed by atoms with Gasteiger partial charge < -0.3 is 5.11 Å². The third-order valence-electron chi connectivity index (χ3n) is 1.56. The van der Waals surface area contributed by atoms with Crippen LogP contribution in [0.3, 0.4) is 0 Å². The minimum Gasteiger partial charge on any atom is -0.374 e. The molecule has 2 nitrogen and oxygen atoms in total. The van der Waals surface area contributed by atoms with Gasteiger partial charge in [-0.05, 0) is 12.1 Å². The van der Waals surface area contributed by atoms with Crippen LogP contribution in [0.15, 0.2) is 18.3 Å². The summed E-state index contributed by atoms with van der Waals surface area (Å²) in [5, 5.41) is 9.07. The van der Waals surface area contributed by atoms with Gasteiger partial charge in [0.15, 0.2) is 6.10 Å². The lowest BCUT2D eigenvalue weighted by Crippen LogP contribution is -2.12. The van der Waals surface area contributed by atoms with Crippen LogP contribution >= 0.6 is 0 Å². The highest BCUT2D eigenvalue weighted by Gasteiger charge is 2.35. The van der Waals surface area contributed by atoms with Crippen LogP contribution in [-0.4, -0.2) is 10.1 Å². The number of nitrogens with zero attached hydrogens (tertiary/aromatic N) is 1. The quantitative estimate of drug-likeness (QED) is 0.702. The van der Waals surface area contributed by atoms with E-state index in [0.717, 1.165) is 18.3 Å². The minimum absolute atomic E-state index is 0.539. The van der Waals surface area contributed by atoms with Crippen LogP contribution in [0.5, 0.6) is 0 Å². The zero-order chi connectivity index (χ0) is 10.8. The van der Waals surface area contributed by atoms with Crippen molar-refractivity contribution in [3.63, 3.8) is 0 Å². The summed E-state index contributed by atoms with van der Waals surface area (Å²) in [5.74, 6) is 1.79. The highest BCUT2D eigenvalue weighted by molar-refractivity contribution is 5.28. The zero-order valence-corrected chi connectivity index (χ0v) is 6.92. The predicted octanol–water partition coefficient (Wildman–Crippen LogP) is 1.77. The van der Waals surface area contributed by atoms with Crippen LogP contribution in [0.2, 0.25) is 0 Å². The van der Waals surface area contributed by atoms with Crippen LogP contribution in [0, 0.1) is 12.3 Å². The number of aliphatic hydroxyl groups excluding tert-OH is 1. The number of alkyl halides is 3. The Balaban J connectivity index is 3.25. The Labute approximate surface area is 78.4 Å². The Kier molecular flexibility index (Phi) is 2.77. The molecule has 0 saturated carbocycles. The van der Waals surface area contributed by atoms with Crippen LogP contribution < -0.4 is 0 Å². The normalized spacial score (nSPS) is 13.4. The molecular formula is C9H6F3NO. The first-order valence-corrected chi connectivity index (χ1v) is 3.63. The van der Waals surface area contributed by atoms with Crippen molar-refractivity contribution in [3.05, 3.63) is 29.6 Å². The van der Waals surface area contributed by atoms with Crippen LogP contribution in [-0.2, 0) is 6.18 Å². The summed E-state index contributed by atoms with van der Waals surface area (Å²) in [6, 6.07) is 1.96. The van der Waals surface area contributed by atoms with Gasteiger partial charge in [-0.2, -0.15) is 13.2 Å². The molecule has 1 atom stereocenters. The maximum atomic E-state index is 12.3. The molecule has 0 aliphatic heterocycles. The van der Waals surface area contributed by atoms with Gasteiger partial charge in [-0.1, -0.05) is 5.92 Å². The number of hydrogen-bond acceptors (Lipinski definition) is 2. The SMILES string of the molecule is C#CC(O)c1ncccc1C(F)(F)F. The topological polar surface area (TPSA) is 33.1 Å². The van der Waals surface area contributed by atoms with E-state index < -0.39 is 23.5 Å². The molecule has 74 valence electrons. The second-order valence-corrected chi connectivity index (χ2v) is 2.50. The van der Waals surface area contributed by atoms with Gasteiger partial charge in [0.1, 0.15) is 0 Å². The monoisotopic (exact) mass is 201 g/mol. The maximum Gasteiger partial charge on any atom is 0.418 e. The van der Waals surface area contributed by atoms with Crippen LogP contribution in [0.25, 0.3) is 0 Å². The smallest absolute Gasteiger partial charge is 0.374 e. The number of aliphatic hydroxyl groups is 1. The van der Waals surface area contributed by atoms with Gasteiger partial charge in [0, 0.05) is 6.20 Å². The van der Waals surface area contributed by atoms with Gasteiger partial charge in [0.25, 0.3) is 0 Å². The molecule has 0 fully saturated rings. The molecular weight excluding hydrogens is 195 g/mol. The molecule has 1 unspecified atom stereocenters. The molecule has 5 heteroatoms. The predicted molar refractivity (Wildman–Crippen MR) is 43.0 cm³/mol. The van der Waals surface area contributed by atoms with Crippen molar-refractivity contribution < 1.29 is 18.3 Å². The molecule has 1 N–H and O–H groups in total. The van der Waals surface area contributed by atoms with Gasteiger partial charge in [0.2, 0.25) is 0 Å². The molecule has 0 bridgehead atoms. The van der Waals surface area contributed by atoms with Crippen molar-refractivity contribution in [1.82, 2.24) is 4.98 Å². The van der Waals surface area contributed by atoms with E-state index in [1.54, 1.807) is 5.92 Å². The first kappa shape index (κ1) is 10.5. The van der Waals surface area contributed by atoms with Gasteiger partial charge in [-0.25, -0.2) is 0 Å². The lowest BCUT2D eigenvalue weighted by Gasteiger charge is -2.12. The molecule has 0 amide bonds. The van der Waals surface area contributed by atoms with E-state index in [2.05, 4.69) is 4.98 Å². The lowest BCUT2D eigenvalue weighted by atomic mass is 10.1. The first-order chi connectivity index (χ1) is 6.46. The summed E-state index contributed by atoms with van der Waals surface area (Å²) < 4.78 is 37.0. The highest BCUT2D eigenvalue weighted by Crippen LogP contribution is 2.32. The Morgan fingerprint density at radius 1 is 1.50 bits per heavy atom. The summed E-state index contributed by atoms with van der Waals surface area (Å²) in [6.45, 7) is 0. The Bertz CT molecular complexity index is 367. The van der Waals surface area contributed by atoms with Crippen molar-refractivity contribution in [2.24, 2.45) is 0 Å². The number of terminal acetylenes is 1. The van der Waals surface area contributed by atoms with E-state index in [9.17, 15) is 13.2 Å². The van der Waals surface area contributed by atoms with Gasteiger partial charge in [-0.15, -0.1) is 6.42 Å². The van der Waals surface area contributed by atoms with Crippen molar-refractivity contribution in [3.8, 4) is 12.3 Å². The fourth-order valence-electron chi connectivity index (χ4n) is 0.954. The molecule has 0 aromatic carbocycles. The van der Waals surface area contributed by atoms with E-state index in [0.29, 0.717) is 0 Å². The molecule has 0 aliphatic rings. The van der Waals surface area contributed by atoms with Crippen molar-refractivity contribution >= 4 is 0 Å². The van der Waals surface area contributed by atoms with E-state index in [4.69, 9.17) is 11.5 Å². The second kappa shape index (κ2) is 3.68. The first-order valence-electron chi connectivity index (χ1n) is 3.63. The van der Waals surface area contributed by atoms with E-state index in [-0.39, 0.29) is 0 Å². The average molecular weight is 201 g/mol. The summed E-state index contributed by atoms with van der Waals surface area (Å²) >= 11 is 0. The highest BCUT2D eigenvalue weighted by atomic mass is 19.4. The van der Waals surface area contributed by atoms with Gasteiger partial charge in [0.05, 0.1) is 11.3 Å². The number of rotatable bonds is 1. The summed E-state index contributed by atoms with van der Waals surface area (Å²) in [4.78, 5) is 3.40. The molecule has 0 spiro atoms. The molecule has 0 radical (unpaired) electrons. The maximum absolute atomic E-state index is 12.3. The lowest BCUT2D eigenvalue weighted by molar-refractivity contribution is -0.139. The summed E-state index contributed by atoms with van der Waals surface area (Å²) in [5.41, 5.74) is -1.55. The minimum atomic E-state index is -4.55. The molecule has 1 rings (SSSR count). The second-order valence-electron chi connectivity index (χ2n) is 2.50. The fraction of sp³-hybridized carbons (Fsp3) is 0.222. The number of hydrogen-bond donors (Lipinski definition) is 1. The Hall–Kier alpha value is -1.54.